The molecule has 0 aliphatic heterocycles. The van der Waals surface area contributed by atoms with E-state index in [4.69, 9.17) is 4.74 Å². The van der Waals surface area contributed by atoms with Crippen LogP contribution < -0.4 is 15.4 Å². The number of nitrogens with zero attached hydrogens (tertiary/aromatic N) is 1. The molecule has 0 aliphatic carbocycles. The van der Waals surface area contributed by atoms with Crippen LogP contribution in [0.5, 0.6) is 5.75 Å². The molecule has 0 bridgehead atoms. The van der Waals surface area contributed by atoms with Crippen LogP contribution in [0.3, 0.4) is 0 Å². The Hall–Kier alpha value is -1.71. The molecule has 0 heterocycles. The fraction of sp³-hybridized carbons (Fsp3) is 0.588. The van der Waals surface area contributed by atoms with Gasteiger partial charge < -0.3 is 15.4 Å². The summed E-state index contributed by atoms with van der Waals surface area (Å²) in [5.74, 6) is 2.54. The van der Waals surface area contributed by atoms with Gasteiger partial charge in [-0.1, -0.05) is 26.0 Å². The summed E-state index contributed by atoms with van der Waals surface area (Å²) in [6.45, 7) is 6.35. The molecule has 0 amide bonds. The molecule has 21 heavy (non-hydrogen) atoms. The van der Waals surface area contributed by atoms with E-state index in [1.54, 1.807) is 7.11 Å². The molecule has 0 unspecified atom stereocenters. The van der Waals surface area contributed by atoms with Crippen molar-refractivity contribution in [2.24, 2.45) is 10.9 Å². The lowest BCUT2D eigenvalue weighted by atomic mass is 10.1. The minimum Gasteiger partial charge on any atom is -0.497 e. The maximum absolute atomic E-state index is 5.16. The van der Waals surface area contributed by atoms with Crippen LogP contribution in [0.15, 0.2) is 29.3 Å². The molecule has 0 saturated heterocycles. The quantitative estimate of drug-likeness (QED) is 0.440. The topological polar surface area (TPSA) is 45.7 Å². The van der Waals surface area contributed by atoms with Gasteiger partial charge >= 0.3 is 0 Å². The van der Waals surface area contributed by atoms with E-state index in [1.807, 2.05) is 19.2 Å². The number of hydrogen-bond donors (Lipinski definition) is 2. The largest absolute Gasteiger partial charge is 0.497 e. The Morgan fingerprint density at radius 3 is 2.38 bits per heavy atom. The Morgan fingerprint density at radius 1 is 1.14 bits per heavy atom. The van der Waals surface area contributed by atoms with E-state index < -0.39 is 0 Å². The molecule has 1 rings (SSSR count). The van der Waals surface area contributed by atoms with Crippen molar-refractivity contribution < 1.29 is 4.74 Å². The van der Waals surface area contributed by atoms with Gasteiger partial charge in [-0.05, 0) is 42.9 Å². The third-order valence-electron chi connectivity index (χ3n) is 3.34. The lowest BCUT2D eigenvalue weighted by molar-refractivity contribution is 0.414. The molecule has 0 atom stereocenters. The second kappa shape index (κ2) is 10.1. The molecule has 0 spiro atoms. The van der Waals surface area contributed by atoms with Crippen molar-refractivity contribution in [2.45, 2.75) is 33.1 Å². The van der Waals surface area contributed by atoms with E-state index in [1.165, 1.54) is 18.4 Å². The van der Waals surface area contributed by atoms with E-state index in [9.17, 15) is 0 Å². The maximum Gasteiger partial charge on any atom is 0.190 e. The number of guanidine groups is 1. The first-order valence-corrected chi connectivity index (χ1v) is 7.73. The molecular formula is C17H29N3O. The average Bonchev–Trinajstić information content (AvgIpc) is 2.50. The van der Waals surface area contributed by atoms with Gasteiger partial charge in [0.1, 0.15) is 5.75 Å². The molecule has 4 heteroatoms. The van der Waals surface area contributed by atoms with E-state index in [0.29, 0.717) is 0 Å². The lowest BCUT2D eigenvalue weighted by Gasteiger charge is -2.12. The number of rotatable bonds is 8. The van der Waals surface area contributed by atoms with Crippen LogP contribution in [0.4, 0.5) is 0 Å². The van der Waals surface area contributed by atoms with Crippen molar-refractivity contribution in [3.63, 3.8) is 0 Å². The van der Waals surface area contributed by atoms with Crippen molar-refractivity contribution in [2.75, 3.05) is 27.2 Å². The highest BCUT2D eigenvalue weighted by Gasteiger charge is 1.99. The first-order chi connectivity index (χ1) is 10.2. The maximum atomic E-state index is 5.16. The molecule has 1 aromatic carbocycles. The molecule has 118 valence electrons. The van der Waals surface area contributed by atoms with Crippen LogP contribution in [0.25, 0.3) is 0 Å². The smallest absolute Gasteiger partial charge is 0.190 e. The van der Waals surface area contributed by atoms with Crippen LogP contribution in [0, 0.1) is 5.92 Å². The Balaban J connectivity index is 2.22. The number of nitrogens with one attached hydrogen (secondary N) is 2. The highest BCUT2D eigenvalue weighted by atomic mass is 16.5. The Kier molecular flexibility index (Phi) is 8.32. The van der Waals surface area contributed by atoms with Crippen LogP contribution in [0.1, 0.15) is 32.3 Å². The summed E-state index contributed by atoms with van der Waals surface area (Å²) in [6, 6.07) is 8.18. The summed E-state index contributed by atoms with van der Waals surface area (Å²) in [6.07, 6.45) is 3.39. The van der Waals surface area contributed by atoms with Crippen molar-refractivity contribution in [3.05, 3.63) is 29.8 Å². The predicted octanol–water partition coefficient (Wildman–Crippen LogP) is 2.84. The minimum atomic E-state index is 0.761. The number of hydrogen-bond acceptors (Lipinski definition) is 2. The summed E-state index contributed by atoms with van der Waals surface area (Å²) in [4.78, 5) is 4.24. The number of ether oxygens (including phenoxy) is 1. The van der Waals surface area contributed by atoms with Crippen molar-refractivity contribution in [3.8, 4) is 5.75 Å². The van der Waals surface area contributed by atoms with Gasteiger partial charge in [0.25, 0.3) is 0 Å². The zero-order valence-electron chi connectivity index (χ0n) is 13.8. The zero-order valence-corrected chi connectivity index (χ0v) is 13.8. The number of benzene rings is 1. The summed E-state index contributed by atoms with van der Waals surface area (Å²) in [7, 11) is 3.50. The fourth-order valence-electron chi connectivity index (χ4n) is 2.06. The van der Waals surface area contributed by atoms with Gasteiger partial charge in [-0.3, -0.25) is 4.99 Å². The average molecular weight is 291 g/mol. The van der Waals surface area contributed by atoms with Gasteiger partial charge in [0.2, 0.25) is 0 Å². The minimum absolute atomic E-state index is 0.761. The molecule has 0 radical (unpaired) electrons. The number of methoxy groups -OCH3 is 1. The van der Waals surface area contributed by atoms with Gasteiger partial charge in [-0.25, -0.2) is 0 Å². The Labute approximate surface area is 129 Å². The summed E-state index contributed by atoms with van der Waals surface area (Å²) in [5, 5.41) is 6.69. The third-order valence-corrected chi connectivity index (χ3v) is 3.34. The summed E-state index contributed by atoms with van der Waals surface area (Å²) < 4.78 is 5.16. The van der Waals surface area contributed by atoms with Gasteiger partial charge in [0.15, 0.2) is 5.96 Å². The molecule has 0 saturated carbocycles. The Bertz CT molecular complexity index is 413. The molecular weight excluding hydrogens is 262 g/mol. The van der Waals surface area contributed by atoms with Gasteiger partial charge in [-0.2, -0.15) is 0 Å². The fourth-order valence-corrected chi connectivity index (χ4v) is 2.06. The lowest BCUT2D eigenvalue weighted by Crippen LogP contribution is -2.38. The zero-order chi connectivity index (χ0) is 15.5. The van der Waals surface area contributed by atoms with E-state index >= 15 is 0 Å². The summed E-state index contributed by atoms with van der Waals surface area (Å²) in [5.41, 5.74) is 1.29. The second-order valence-electron chi connectivity index (χ2n) is 5.56. The van der Waals surface area contributed by atoms with Gasteiger partial charge in [0.05, 0.1) is 7.11 Å². The summed E-state index contributed by atoms with van der Waals surface area (Å²) >= 11 is 0. The normalized spacial score (nSPS) is 11.6. The van der Waals surface area contributed by atoms with Crippen LogP contribution in [-0.4, -0.2) is 33.2 Å². The first-order valence-electron chi connectivity index (χ1n) is 7.73. The molecule has 2 N–H and O–H groups in total. The molecule has 0 aliphatic rings. The van der Waals surface area contributed by atoms with Gasteiger partial charge in [0, 0.05) is 20.1 Å². The van der Waals surface area contributed by atoms with Crippen LogP contribution in [0.2, 0.25) is 0 Å². The molecule has 1 aromatic rings. The molecule has 0 fully saturated rings. The van der Waals surface area contributed by atoms with Crippen molar-refractivity contribution >= 4 is 5.96 Å². The SMILES string of the molecule is CN=C(NCCCC(C)C)NCCc1ccc(OC)cc1. The predicted molar refractivity (Wildman–Crippen MR) is 90.1 cm³/mol. The monoisotopic (exact) mass is 291 g/mol. The molecule has 0 aromatic heterocycles. The van der Waals surface area contributed by atoms with E-state index in [2.05, 4.69) is 41.6 Å². The van der Waals surface area contributed by atoms with E-state index in [0.717, 1.165) is 37.1 Å². The first kappa shape index (κ1) is 17.3. The van der Waals surface area contributed by atoms with Crippen LogP contribution in [-0.2, 0) is 6.42 Å². The second-order valence-corrected chi connectivity index (χ2v) is 5.56. The van der Waals surface area contributed by atoms with Crippen LogP contribution >= 0.6 is 0 Å². The van der Waals surface area contributed by atoms with Crippen molar-refractivity contribution in [1.29, 1.82) is 0 Å². The van der Waals surface area contributed by atoms with Gasteiger partial charge in [-0.15, -0.1) is 0 Å². The van der Waals surface area contributed by atoms with E-state index in [-0.39, 0.29) is 0 Å². The highest BCUT2D eigenvalue weighted by molar-refractivity contribution is 5.79. The molecule has 4 nitrogen and oxygen atoms in total. The number of aliphatic imine (C=N–C) groups is 1. The van der Waals surface area contributed by atoms with Crippen molar-refractivity contribution in [1.82, 2.24) is 10.6 Å². The Morgan fingerprint density at radius 2 is 1.81 bits per heavy atom. The third kappa shape index (κ3) is 7.59. The highest BCUT2D eigenvalue weighted by Crippen LogP contribution is 2.11. The standard InChI is InChI=1S/C17H29N3O/c1-14(2)6-5-12-19-17(18-3)20-13-11-15-7-9-16(21-4)10-8-15/h7-10,14H,5-6,11-13H2,1-4H3,(H2,18,19,20).